The summed E-state index contributed by atoms with van der Waals surface area (Å²) in [5, 5.41) is 3.22. The lowest BCUT2D eigenvalue weighted by Crippen LogP contribution is -2.50. The first kappa shape index (κ1) is 17.8. The van der Waals surface area contributed by atoms with E-state index in [1.807, 2.05) is 12.1 Å². The first-order valence-corrected chi connectivity index (χ1v) is 8.56. The molecule has 0 unspecified atom stereocenters. The van der Waals surface area contributed by atoms with Crippen LogP contribution in [0.2, 0.25) is 0 Å². The van der Waals surface area contributed by atoms with E-state index in [0.717, 1.165) is 5.56 Å². The molecule has 0 saturated carbocycles. The van der Waals surface area contributed by atoms with Gasteiger partial charge in [-0.05, 0) is 24.6 Å². The predicted octanol–water partition coefficient (Wildman–Crippen LogP) is 1.10. The number of anilines is 1. The van der Waals surface area contributed by atoms with Gasteiger partial charge >= 0.3 is 0 Å². The minimum atomic E-state index is -0.134. The van der Waals surface area contributed by atoms with E-state index in [1.54, 1.807) is 42.1 Å². The summed E-state index contributed by atoms with van der Waals surface area (Å²) in [5.74, 6) is 1.05. The molecule has 1 N–H and O–H groups in total. The Hall–Kier alpha value is -3.03. The Morgan fingerprint density at radius 3 is 2.38 bits per heavy atom. The molecule has 0 spiro atoms. The van der Waals surface area contributed by atoms with Crippen LogP contribution in [-0.4, -0.2) is 62.7 Å². The number of rotatable bonds is 4. The maximum atomic E-state index is 12.8. The quantitative estimate of drug-likeness (QED) is 0.884. The molecular formula is C18H22N6O2. The number of carbonyl (C=O) groups excluding carboxylic acids is 2. The number of pyridine rings is 1. The molecule has 1 aliphatic rings. The third kappa shape index (κ3) is 4.33. The molecule has 0 aliphatic carbocycles. The van der Waals surface area contributed by atoms with Crippen LogP contribution in [-0.2, 0) is 11.3 Å². The fraction of sp³-hybridized carbons (Fsp3) is 0.389. The second-order valence-corrected chi connectivity index (χ2v) is 6.19. The molecule has 26 heavy (non-hydrogen) atoms. The molecule has 1 fully saturated rings. The average molecular weight is 354 g/mol. The highest BCUT2D eigenvalue weighted by atomic mass is 16.2. The summed E-state index contributed by atoms with van der Waals surface area (Å²) in [7, 11) is 0. The Kier molecular flexibility index (Phi) is 5.40. The van der Waals surface area contributed by atoms with Crippen LogP contribution >= 0.6 is 0 Å². The minimum absolute atomic E-state index is 0.0394. The molecule has 0 atom stereocenters. The van der Waals surface area contributed by atoms with E-state index < -0.39 is 0 Å². The van der Waals surface area contributed by atoms with Crippen molar-refractivity contribution in [1.29, 1.82) is 0 Å². The van der Waals surface area contributed by atoms with Crippen molar-refractivity contribution in [2.75, 3.05) is 31.5 Å². The van der Waals surface area contributed by atoms with E-state index in [4.69, 9.17) is 0 Å². The monoisotopic (exact) mass is 354 g/mol. The van der Waals surface area contributed by atoms with Gasteiger partial charge in [-0.1, -0.05) is 0 Å². The number of piperazine rings is 1. The highest BCUT2D eigenvalue weighted by Gasteiger charge is 2.24. The summed E-state index contributed by atoms with van der Waals surface area (Å²) >= 11 is 0. The fourth-order valence-electron chi connectivity index (χ4n) is 2.85. The topological polar surface area (TPSA) is 91.3 Å². The van der Waals surface area contributed by atoms with Crippen LogP contribution in [0.5, 0.6) is 0 Å². The third-order valence-corrected chi connectivity index (χ3v) is 4.29. The molecule has 2 amide bonds. The van der Waals surface area contributed by atoms with Crippen molar-refractivity contribution in [2.24, 2.45) is 0 Å². The van der Waals surface area contributed by atoms with E-state index in [2.05, 4.69) is 20.3 Å². The van der Waals surface area contributed by atoms with Crippen LogP contribution in [0.4, 0.5) is 5.82 Å². The van der Waals surface area contributed by atoms with Crippen LogP contribution in [0.1, 0.15) is 28.8 Å². The summed E-state index contributed by atoms with van der Waals surface area (Å²) in [6.45, 7) is 6.04. The largest absolute Gasteiger partial charge is 0.366 e. The molecule has 3 rings (SSSR count). The molecule has 1 saturated heterocycles. The van der Waals surface area contributed by atoms with Crippen LogP contribution in [0, 0.1) is 6.92 Å². The Labute approximate surface area is 152 Å². The number of nitrogens with one attached hydrogen (secondary N) is 1. The van der Waals surface area contributed by atoms with Crippen molar-refractivity contribution >= 4 is 17.6 Å². The maximum absolute atomic E-state index is 12.8. The second-order valence-electron chi connectivity index (χ2n) is 6.19. The second kappa shape index (κ2) is 7.90. The molecule has 2 aromatic heterocycles. The van der Waals surface area contributed by atoms with Crippen molar-refractivity contribution < 1.29 is 9.59 Å². The zero-order valence-corrected chi connectivity index (χ0v) is 15.0. The lowest BCUT2D eigenvalue weighted by atomic mass is 10.2. The predicted molar refractivity (Wildman–Crippen MR) is 96.5 cm³/mol. The average Bonchev–Trinajstić information content (AvgIpc) is 2.66. The van der Waals surface area contributed by atoms with E-state index in [9.17, 15) is 9.59 Å². The number of hydrogen-bond donors (Lipinski definition) is 1. The molecule has 0 aromatic carbocycles. The maximum Gasteiger partial charge on any atom is 0.272 e. The van der Waals surface area contributed by atoms with E-state index in [0.29, 0.717) is 50.1 Å². The molecular weight excluding hydrogens is 332 g/mol. The summed E-state index contributed by atoms with van der Waals surface area (Å²) in [6.07, 6.45) is 3.47. The normalized spacial score (nSPS) is 14.2. The minimum Gasteiger partial charge on any atom is -0.366 e. The molecule has 8 heteroatoms. The van der Waals surface area contributed by atoms with Gasteiger partial charge in [0, 0.05) is 58.1 Å². The number of amides is 2. The Morgan fingerprint density at radius 2 is 1.73 bits per heavy atom. The molecule has 1 aliphatic heterocycles. The highest BCUT2D eigenvalue weighted by molar-refractivity contribution is 5.93. The van der Waals surface area contributed by atoms with Crippen LogP contribution < -0.4 is 5.32 Å². The van der Waals surface area contributed by atoms with Crippen molar-refractivity contribution in [3.63, 3.8) is 0 Å². The van der Waals surface area contributed by atoms with Gasteiger partial charge in [0.1, 0.15) is 17.3 Å². The van der Waals surface area contributed by atoms with Gasteiger partial charge in [0.2, 0.25) is 5.91 Å². The Balaban J connectivity index is 1.67. The lowest BCUT2D eigenvalue weighted by Gasteiger charge is -2.34. The lowest BCUT2D eigenvalue weighted by molar-refractivity contribution is -0.130. The van der Waals surface area contributed by atoms with Crippen LogP contribution in [0.15, 0.2) is 30.6 Å². The van der Waals surface area contributed by atoms with Crippen LogP contribution in [0.25, 0.3) is 0 Å². The Morgan fingerprint density at radius 1 is 1.08 bits per heavy atom. The standard InChI is InChI=1S/C18H22N6O2/c1-13-21-16(18(26)24-9-7-23(8-10-24)14(2)25)11-17(22-13)20-12-15-3-5-19-6-4-15/h3-6,11H,7-10,12H2,1-2H3,(H,20,21,22). The number of aryl methyl sites for hydroxylation is 1. The molecule has 136 valence electrons. The molecule has 2 aromatic rings. The summed E-state index contributed by atoms with van der Waals surface area (Å²) in [5.41, 5.74) is 1.44. The third-order valence-electron chi connectivity index (χ3n) is 4.29. The zero-order valence-electron chi connectivity index (χ0n) is 15.0. The van der Waals surface area contributed by atoms with E-state index >= 15 is 0 Å². The number of carbonyl (C=O) groups is 2. The first-order valence-electron chi connectivity index (χ1n) is 8.56. The van der Waals surface area contributed by atoms with Gasteiger partial charge in [-0.3, -0.25) is 14.6 Å². The molecule has 3 heterocycles. The first-order chi connectivity index (χ1) is 12.5. The SMILES string of the molecule is CC(=O)N1CCN(C(=O)c2cc(NCc3ccncc3)nc(C)n2)CC1. The van der Waals surface area contributed by atoms with Gasteiger partial charge in [-0.15, -0.1) is 0 Å². The number of aromatic nitrogens is 3. The van der Waals surface area contributed by atoms with Crippen LogP contribution in [0.3, 0.4) is 0 Å². The van der Waals surface area contributed by atoms with Gasteiger partial charge < -0.3 is 15.1 Å². The van der Waals surface area contributed by atoms with E-state index in [1.165, 1.54) is 0 Å². The summed E-state index contributed by atoms with van der Waals surface area (Å²) in [4.78, 5) is 40.3. The van der Waals surface area contributed by atoms with Crippen molar-refractivity contribution in [2.45, 2.75) is 20.4 Å². The van der Waals surface area contributed by atoms with Gasteiger partial charge in [-0.25, -0.2) is 9.97 Å². The molecule has 0 radical (unpaired) electrons. The van der Waals surface area contributed by atoms with E-state index in [-0.39, 0.29) is 11.8 Å². The van der Waals surface area contributed by atoms with Gasteiger partial charge in [0.05, 0.1) is 0 Å². The van der Waals surface area contributed by atoms with Gasteiger partial charge in [-0.2, -0.15) is 0 Å². The van der Waals surface area contributed by atoms with Gasteiger partial charge in [0.25, 0.3) is 5.91 Å². The molecule has 8 nitrogen and oxygen atoms in total. The highest BCUT2D eigenvalue weighted by Crippen LogP contribution is 2.12. The fourth-order valence-corrected chi connectivity index (χ4v) is 2.85. The summed E-state index contributed by atoms with van der Waals surface area (Å²) in [6, 6.07) is 5.51. The van der Waals surface area contributed by atoms with Crippen molar-refractivity contribution in [3.8, 4) is 0 Å². The van der Waals surface area contributed by atoms with Crippen molar-refractivity contribution in [1.82, 2.24) is 24.8 Å². The summed E-state index contributed by atoms with van der Waals surface area (Å²) < 4.78 is 0. The molecule has 0 bridgehead atoms. The Bertz CT molecular complexity index is 788. The number of nitrogens with zero attached hydrogens (tertiary/aromatic N) is 5. The van der Waals surface area contributed by atoms with Gasteiger partial charge in [0.15, 0.2) is 0 Å². The zero-order chi connectivity index (χ0) is 18.5. The smallest absolute Gasteiger partial charge is 0.272 e. The van der Waals surface area contributed by atoms with Crippen molar-refractivity contribution in [3.05, 3.63) is 47.7 Å². The number of hydrogen-bond acceptors (Lipinski definition) is 6.